The van der Waals surface area contributed by atoms with E-state index in [9.17, 15) is 20.0 Å². The summed E-state index contributed by atoms with van der Waals surface area (Å²) >= 11 is 0.883. The van der Waals surface area contributed by atoms with Crippen LogP contribution < -0.4 is 16.0 Å². The number of hydrogen-bond donors (Lipinski definition) is 6. The summed E-state index contributed by atoms with van der Waals surface area (Å²) in [6.07, 6.45) is 3.24. The number of allylic oxidation sites excluding steroid dienone is 1. The predicted molar refractivity (Wildman–Crippen MR) is 156 cm³/mol. The number of fused-ring (bicyclic) bond motifs is 1. The van der Waals surface area contributed by atoms with Crippen molar-refractivity contribution in [3.63, 3.8) is 0 Å². The second-order valence-corrected chi connectivity index (χ2v) is 10.0. The van der Waals surface area contributed by atoms with E-state index in [1.54, 1.807) is 26.0 Å². The van der Waals surface area contributed by atoms with Crippen LogP contribution in [-0.2, 0) is 4.79 Å². The van der Waals surface area contributed by atoms with Crippen LogP contribution in [0.25, 0.3) is 16.6 Å². The number of aliphatic hydroxyl groups is 1. The van der Waals surface area contributed by atoms with Gasteiger partial charge in [-0.2, -0.15) is 9.64 Å². The molecule has 13 nitrogen and oxygen atoms in total. The number of pyridine rings is 2. The summed E-state index contributed by atoms with van der Waals surface area (Å²) in [6, 6.07) is 6.52. The first-order valence-electron chi connectivity index (χ1n) is 12.4. The van der Waals surface area contributed by atoms with E-state index in [1.165, 1.54) is 30.0 Å². The van der Waals surface area contributed by atoms with Gasteiger partial charge in [-0.25, -0.2) is 9.97 Å². The van der Waals surface area contributed by atoms with Crippen molar-refractivity contribution >= 4 is 62.3 Å². The lowest BCUT2D eigenvalue weighted by Crippen LogP contribution is -2.33. The normalized spacial score (nSPS) is 11.5. The first kappa shape index (κ1) is 28.9. The largest absolute Gasteiger partial charge is 0.492 e. The fraction of sp³-hybridized carbons (Fsp3) is 0.222. The van der Waals surface area contributed by atoms with Crippen molar-refractivity contribution in [2.75, 3.05) is 17.2 Å². The third-order valence-electron chi connectivity index (χ3n) is 6.01. The van der Waals surface area contributed by atoms with Crippen molar-refractivity contribution in [2.45, 2.75) is 33.2 Å². The number of carbonyl (C=O) groups excluding carboxylic acids is 2. The Bertz CT molecular complexity index is 1730. The first-order valence-corrected chi connectivity index (χ1v) is 13.1. The molecule has 1 unspecified atom stereocenters. The molecule has 0 bridgehead atoms. The molecule has 0 aliphatic carbocycles. The standard InChI is InChI=1S/C27H27N9O4S/c1-13(2)18-10-21(32-15(4)38)34-24-17(18)5-7-36(24)27(40)19-9-16(11-28)20(12-30-19)33-26-22(25(39)35-41-26)23(29)31-14(3)6-8-37/h5,7,9-10,12,14,33,37H,1,6,8H2,2-4H3,(H2,29,31)(H,35,39)(H,32,34,38). The Kier molecular flexibility index (Phi) is 8.41. The molecule has 0 aromatic carbocycles. The van der Waals surface area contributed by atoms with Crippen molar-refractivity contribution in [3.8, 4) is 11.9 Å². The van der Waals surface area contributed by atoms with E-state index in [1.807, 2.05) is 6.07 Å². The number of aromatic hydroxyl groups is 1. The van der Waals surface area contributed by atoms with Gasteiger partial charge in [0.2, 0.25) is 11.8 Å². The number of rotatable bonds is 9. The molecule has 0 saturated carbocycles. The topological polar surface area (TPSA) is 202 Å². The minimum atomic E-state index is -0.553. The summed E-state index contributed by atoms with van der Waals surface area (Å²) in [5.74, 6) is -1.10. The Balaban J connectivity index is 1.67. The Morgan fingerprint density at radius 3 is 2.73 bits per heavy atom. The zero-order valence-corrected chi connectivity index (χ0v) is 23.3. The van der Waals surface area contributed by atoms with Crippen LogP contribution in [0.1, 0.15) is 54.4 Å². The summed E-state index contributed by atoms with van der Waals surface area (Å²) < 4.78 is 5.18. The molecule has 4 aromatic rings. The van der Waals surface area contributed by atoms with E-state index in [4.69, 9.17) is 10.5 Å². The SMILES string of the molecule is C=C(C)c1cc(NC(C)=O)nc2c1ccn2C(=O)c1cc(C#N)c(Nc2snc(O)c2C(=N)NC(C)CCO)cn1. The maximum absolute atomic E-state index is 13.5. The van der Waals surface area contributed by atoms with Crippen molar-refractivity contribution in [1.82, 2.24) is 24.2 Å². The number of nitrogens with zero attached hydrogens (tertiary/aromatic N) is 5. The van der Waals surface area contributed by atoms with Crippen LogP contribution in [0.15, 0.2) is 37.2 Å². The molecule has 0 aliphatic heterocycles. The molecule has 1 amide bonds. The van der Waals surface area contributed by atoms with Gasteiger partial charge in [0.25, 0.3) is 5.91 Å². The van der Waals surface area contributed by atoms with Gasteiger partial charge >= 0.3 is 0 Å². The molecule has 0 radical (unpaired) electrons. The average Bonchev–Trinajstić information content (AvgIpc) is 3.50. The molecule has 0 aliphatic rings. The van der Waals surface area contributed by atoms with E-state index < -0.39 is 5.91 Å². The maximum Gasteiger partial charge on any atom is 0.282 e. The highest BCUT2D eigenvalue weighted by Gasteiger charge is 2.22. The van der Waals surface area contributed by atoms with E-state index in [2.05, 4.69) is 36.9 Å². The van der Waals surface area contributed by atoms with Gasteiger partial charge in [0.05, 0.1) is 17.4 Å². The number of aliphatic hydroxyl groups excluding tert-OH is 1. The number of hydrogen-bond acceptors (Lipinski definition) is 11. The Morgan fingerprint density at radius 1 is 1.32 bits per heavy atom. The molecule has 0 saturated heterocycles. The number of aromatic nitrogens is 4. The van der Waals surface area contributed by atoms with Crippen LogP contribution in [0, 0.1) is 16.7 Å². The van der Waals surface area contributed by atoms with E-state index in [0.717, 1.165) is 11.5 Å². The molecule has 4 rings (SSSR count). The van der Waals surface area contributed by atoms with Gasteiger partial charge in [-0.05, 0) is 55.6 Å². The van der Waals surface area contributed by atoms with E-state index in [0.29, 0.717) is 22.9 Å². The summed E-state index contributed by atoms with van der Waals surface area (Å²) in [7, 11) is 0. The van der Waals surface area contributed by atoms with Crippen molar-refractivity contribution in [3.05, 3.63) is 59.6 Å². The number of amides is 1. The molecule has 0 spiro atoms. The number of nitriles is 1. The van der Waals surface area contributed by atoms with Crippen molar-refractivity contribution in [1.29, 1.82) is 10.7 Å². The van der Waals surface area contributed by atoms with Gasteiger partial charge in [-0.1, -0.05) is 12.2 Å². The lowest BCUT2D eigenvalue weighted by atomic mass is 10.1. The first-order chi connectivity index (χ1) is 19.5. The van der Waals surface area contributed by atoms with Crippen LogP contribution in [0.4, 0.5) is 16.5 Å². The smallest absolute Gasteiger partial charge is 0.282 e. The van der Waals surface area contributed by atoms with Crippen molar-refractivity contribution < 1.29 is 19.8 Å². The zero-order valence-electron chi connectivity index (χ0n) is 22.4. The van der Waals surface area contributed by atoms with Crippen LogP contribution in [0.2, 0.25) is 0 Å². The predicted octanol–water partition coefficient (Wildman–Crippen LogP) is 3.57. The Hall–Kier alpha value is -5.13. The number of nitrogens with one attached hydrogen (secondary N) is 4. The molecule has 210 valence electrons. The van der Waals surface area contributed by atoms with Gasteiger partial charge in [-0.15, -0.1) is 0 Å². The van der Waals surface area contributed by atoms with Crippen LogP contribution in [-0.4, -0.2) is 59.4 Å². The second kappa shape index (κ2) is 11.9. The second-order valence-electron chi connectivity index (χ2n) is 9.24. The maximum atomic E-state index is 13.5. The molecular formula is C27H27N9O4S. The van der Waals surface area contributed by atoms with Gasteiger partial charge in [0.15, 0.2) is 0 Å². The fourth-order valence-corrected chi connectivity index (χ4v) is 4.77. The van der Waals surface area contributed by atoms with E-state index in [-0.39, 0.29) is 69.2 Å². The lowest BCUT2D eigenvalue weighted by molar-refractivity contribution is -0.114. The van der Waals surface area contributed by atoms with E-state index >= 15 is 0 Å². The highest BCUT2D eigenvalue weighted by molar-refractivity contribution is 7.11. The number of carbonyl (C=O) groups is 2. The van der Waals surface area contributed by atoms with Gasteiger partial charge < -0.3 is 26.2 Å². The average molecular weight is 574 g/mol. The summed E-state index contributed by atoms with van der Waals surface area (Å²) in [5.41, 5.74) is 2.09. The molecule has 14 heteroatoms. The molecule has 6 N–H and O–H groups in total. The highest BCUT2D eigenvalue weighted by atomic mass is 32.1. The summed E-state index contributed by atoms with van der Waals surface area (Å²) in [4.78, 5) is 33.8. The van der Waals surface area contributed by atoms with Gasteiger partial charge in [0.1, 0.15) is 39.6 Å². The van der Waals surface area contributed by atoms with Crippen LogP contribution in [0.5, 0.6) is 5.88 Å². The molecule has 41 heavy (non-hydrogen) atoms. The van der Waals surface area contributed by atoms with Gasteiger partial charge in [-0.3, -0.25) is 19.6 Å². The Labute approximate surface area is 238 Å². The molecular weight excluding hydrogens is 546 g/mol. The van der Waals surface area contributed by atoms with Crippen molar-refractivity contribution in [2.24, 2.45) is 0 Å². The summed E-state index contributed by atoms with van der Waals surface area (Å²) in [6.45, 7) is 8.86. The highest BCUT2D eigenvalue weighted by Crippen LogP contribution is 2.33. The number of anilines is 3. The minimum Gasteiger partial charge on any atom is -0.492 e. The van der Waals surface area contributed by atoms with Crippen LogP contribution in [0.3, 0.4) is 0 Å². The third kappa shape index (κ3) is 6.06. The molecule has 4 aromatic heterocycles. The monoisotopic (exact) mass is 573 g/mol. The third-order valence-corrected chi connectivity index (χ3v) is 6.76. The number of amidine groups is 1. The Morgan fingerprint density at radius 2 is 2.07 bits per heavy atom. The molecule has 4 heterocycles. The van der Waals surface area contributed by atoms with Gasteiger partial charge in [0, 0.05) is 31.2 Å². The molecule has 1 atom stereocenters. The summed E-state index contributed by atoms with van der Waals surface area (Å²) in [5, 5.41) is 47.0. The van der Waals surface area contributed by atoms with Crippen LogP contribution >= 0.6 is 11.5 Å². The quantitative estimate of drug-likeness (QED) is 0.127. The lowest BCUT2D eigenvalue weighted by Gasteiger charge is -2.15. The minimum absolute atomic E-state index is 0.0344. The zero-order chi connectivity index (χ0) is 29.8. The fourth-order valence-electron chi connectivity index (χ4n) is 4.06. The molecule has 0 fully saturated rings.